The highest BCUT2D eigenvalue weighted by molar-refractivity contribution is 6.35. The Morgan fingerprint density at radius 3 is 2.21 bits per heavy atom. The summed E-state index contributed by atoms with van der Waals surface area (Å²) in [4.78, 5) is 0. The van der Waals surface area contributed by atoms with Gasteiger partial charge in [-0.05, 0) is 37.1 Å². The molecule has 1 nitrogen and oxygen atoms in total. The minimum atomic E-state index is 0.167. The van der Waals surface area contributed by atoms with Crippen LogP contribution in [0.3, 0.4) is 0 Å². The molecule has 0 spiro atoms. The molecular weight excluding hydrogens is 277 g/mol. The van der Waals surface area contributed by atoms with Gasteiger partial charge in [0, 0.05) is 22.1 Å². The van der Waals surface area contributed by atoms with Crippen molar-refractivity contribution in [3.63, 3.8) is 0 Å². The van der Waals surface area contributed by atoms with Crippen LogP contribution in [0.25, 0.3) is 0 Å². The highest BCUT2D eigenvalue weighted by Crippen LogP contribution is 2.27. The van der Waals surface area contributed by atoms with Crippen LogP contribution >= 0.6 is 23.2 Å². The third-order valence-electron chi connectivity index (χ3n) is 3.23. The molecule has 2 atom stereocenters. The summed E-state index contributed by atoms with van der Waals surface area (Å²) >= 11 is 12.1. The van der Waals surface area contributed by atoms with Gasteiger partial charge in [0.15, 0.2) is 0 Å². The number of hydrogen-bond acceptors (Lipinski definition) is 1. The number of halogens is 2. The van der Waals surface area contributed by atoms with Crippen molar-refractivity contribution in [3.05, 3.63) is 69.7 Å². The smallest absolute Gasteiger partial charge is 0.0468 e. The van der Waals surface area contributed by atoms with Crippen molar-refractivity contribution < 1.29 is 0 Å². The fourth-order valence-electron chi connectivity index (χ4n) is 2.16. The van der Waals surface area contributed by atoms with Gasteiger partial charge in [-0.2, -0.15) is 0 Å². The molecule has 19 heavy (non-hydrogen) atoms. The average Bonchev–Trinajstić information content (AvgIpc) is 2.39. The van der Waals surface area contributed by atoms with Gasteiger partial charge in [-0.3, -0.25) is 0 Å². The number of nitrogens with one attached hydrogen (secondary N) is 1. The van der Waals surface area contributed by atoms with Crippen molar-refractivity contribution >= 4 is 23.2 Å². The van der Waals surface area contributed by atoms with Gasteiger partial charge in [-0.1, -0.05) is 59.6 Å². The Kier molecular flexibility index (Phi) is 4.87. The molecule has 0 aliphatic carbocycles. The van der Waals surface area contributed by atoms with Crippen LogP contribution in [0.15, 0.2) is 48.5 Å². The summed E-state index contributed by atoms with van der Waals surface area (Å²) in [6, 6.07) is 16.4. The van der Waals surface area contributed by atoms with Crippen LogP contribution in [0, 0.1) is 0 Å². The number of rotatable bonds is 4. The third-order valence-corrected chi connectivity index (χ3v) is 3.79. The Morgan fingerprint density at radius 1 is 0.895 bits per heavy atom. The van der Waals surface area contributed by atoms with Crippen LogP contribution in [0.1, 0.15) is 37.1 Å². The summed E-state index contributed by atoms with van der Waals surface area (Å²) in [5.41, 5.74) is 2.33. The molecule has 1 N–H and O–H groups in total. The SMILES string of the molecule is C[C@@H](N[C@H](C)c1ccc(Cl)cc1Cl)c1ccccc1. The van der Waals surface area contributed by atoms with E-state index in [1.807, 2.05) is 30.3 Å². The molecule has 0 fully saturated rings. The van der Waals surface area contributed by atoms with Crippen molar-refractivity contribution in [2.45, 2.75) is 25.9 Å². The lowest BCUT2D eigenvalue weighted by atomic mass is 10.0. The van der Waals surface area contributed by atoms with Gasteiger partial charge in [0.25, 0.3) is 0 Å². The van der Waals surface area contributed by atoms with E-state index in [-0.39, 0.29) is 12.1 Å². The van der Waals surface area contributed by atoms with E-state index in [0.29, 0.717) is 10.0 Å². The lowest BCUT2D eigenvalue weighted by Gasteiger charge is -2.21. The molecule has 0 bridgehead atoms. The average molecular weight is 294 g/mol. The van der Waals surface area contributed by atoms with Crippen LogP contribution in [0.2, 0.25) is 10.0 Å². The molecule has 0 heterocycles. The molecule has 0 saturated carbocycles. The van der Waals surface area contributed by atoms with Crippen molar-refractivity contribution in [3.8, 4) is 0 Å². The van der Waals surface area contributed by atoms with Gasteiger partial charge in [0.2, 0.25) is 0 Å². The lowest BCUT2D eigenvalue weighted by Crippen LogP contribution is -2.22. The third kappa shape index (κ3) is 3.73. The van der Waals surface area contributed by atoms with Crippen LogP contribution in [-0.4, -0.2) is 0 Å². The maximum absolute atomic E-state index is 6.23. The van der Waals surface area contributed by atoms with Crippen molar-refractivity contribution in [2.24, 2.45) is 0 Å². The molecular formula is C16H17Cl2N. The van der Waals surface area contributed by atoms with Crippen LogP contribution in [-0.2, 0) is 0 Å². The molecule has 0 radical (unpaired) electrons. The molecule has 0 unspecified atom stereocenters. The fourth-order valence-corrected chi connectivity index (χ4v) is 2.73. The molecule has 0 aliphatic rings. The van der Waals surface area contributed by atoms with Crippen molar-refractivity contribution in [1.82, 2.24) is 5.32 Å². The Hall–Kier alpha value is -1.02. The van der Waals surface area contributed by atoms with Crippen LogP contribution in [0.5, 0.6) is 0 Å². The van der Waals surface area contributed by atoms with Gasteiger partial charge in [-0.15, -0.1) is 0 Å². The second-order valence-electron chi connectivity index (χ2n) is 4.69. The number of benzene rings is 2. The standard InChI is InChI=1S/C16H17Cl2N/c1-11(13-6-4-3-5-7-13)19-12(2)15-9-8-14(17)10-16(15)18/h3-12,19H,1-2H3/t11-,12-/m1/s1. The Balaban J connectivity index is 2.10. The molecule has 3 heteroatoms. The second-order valence-corrected chi connectivity index (χ2v) is 5.53. The summed E-state index contributed by atoms with van der Waals surface area (Å²) in [5, 5.41) is 4.91. The van der Waals surface area contributed by atoms with Gasteiger partial charge in [0.1, 0.15) is 0 Å². The van der Waals surface area contributed by atoms with E-state index >= 15 is 0 Å². The Bertz CT molecular complexity index is 540. The molecule has 0 saturated heterocycles. The largest absolute Gasteiger partial charge is 0.304 e. The molecule has 0 amide bonds. The van der Waals surface area contributed by atoms with E-state index in [2.05, 4.69) is 31.3 Å². The molecule has 2 aromatic carbocycles. The summed E-state index contributed by atoms with van der Waals surface area (Å²) in [5.74, 6) is 0. The summed E-state index contributed by atoms with van der Waals surface area (Å²) in [6.07, 6.45) is 0. The normalized spacial score (nSPS) is 14.1. The minimum absolute atomic E-state index is 0.167. The van der Waals surface area contributed by atoms with E-state index in [9.17, 15) is 0 Å². The predicted molar refractivity (Wildman–Crippen MR) is 82.9 cm³/mol. The maximum atomic E-state index is 6.23. The van der Waals surface area contributed by atoms with E-state index in [0.717, 1.165) is 5.56 Å². The summed E-state index contributed by atoms with van der Waals surface area (Å²) in [7, 11) is 0. The Labute approximate surface area is 124 Å². The van der Waals surface area contributed by atoms with E-state index in [4.69, 9.17) is 23.2 Å². The highest BCUT2D eigenvalue weighted by atomic mass is 35.5. The van der Waals surface area contributed by atoms with E-state index in [1.165, 1.54) is 5.56 Å². The Morgan fingerprint density at radius 2 is 1.58 bits per heavy atom. The summed E-state index contributed by atoms with van der Waals surface area (Å²) < 4.78 is 0. The van der Waals surface area contributed by atoms with Gasteiger partial charge in [0.05, 0.1) is 0 Å². The van der Waals surface area contributed by atoms with Crippen LogP contribution < -0.4 is 5.32 Å². The molecule has 0 aliphatic heterocycles. The van der Waals surface area contributed by atoms with Crippen molar-refractivity contribution in [2.75, 3.05) is 0 Å². The maximum Gasteiger partial charge on any atom is 0.0468 e. The van der Waals surface area contributed by atoms with E-state index in [1.54, 1.807) is 6.07 Å². The van der Waals surface area contributed by atoms with Gasteiger partial charge >= 0.3 is 0 Å². The monoisotopic (exact) mass is 293 g/mol. The topological polar surface area (TPSA) is 12.0 Å². The zero-order chi connectivity index (χ0) is 13.8. The van der Waals surface area contributed by atoms with Gasteiger partial charge < -0.3 is 5.32 Å². The fraction of sp³-hybridized carbons (Fsp3) is 0.250. The first kappa shape index (κ1) is 14.4. The molecule has 2 aromatic rings. The molecule has 0 aromatic heterocycles. The minimum Gasteiger partial charge on any atom is -0.304 e. The first-order chi connectivity index (χ1) is 9.08. The predicted octanol–water partition coefficient (Wildman–Crippen LogP) is 5.41. The zero-order valence-corrected chi connectivity index (χ0v) is 12.5. The van der Waals surface area contributed by atoms with Crippen molar-refractivity contribution in [1.29, 1.82) is 0 Å². The number of hydrogen-bond donors (Lipinski definition) is 1. The molecule has 2 rings (SSSR count). The lowest BCUT2D eigenvalue weighted by molar-refractivity contribution is 0.495. The second kappa shape index (κ2) is 6.42. The highest BCUT2D eigenvalue weighted by Gasteiger charge is 2.13. The van der Waals surface area contributed by atoms with E-state index < -0.39 is 0 Å². The summed E-state index contributed by atoms with van der Waals surface area (Å²) in [6.45, 7) is 4.25. The quantitative estimate of drug-likeness (QED) is 0.795. The zero-order valence-electron chi connectivity index (χ0n) is 11.0. The first-order valence-electron chi connectivity index (χ1n) is 6.34. The van der Waals surface area contributed by atoms with Gasteiger partial charge in [-0.25, -0.2) is 0 Å². The first-order valence-corrected chi connectivity index (χ1v) is 7.09. The van der Waals surface area contributed by atoms with Crippen LogP contribution in [0.4, 0.5) is 0 Å². The molecule has 100 valence electrons.